The number of nitrogens with zero attached hydrogens (tertiary/aromatic N) is 4. The van der Waals surface area contributed by atoms with Crippen LogP contribution in [0, 0.1) is 5.82 Å². The third kappa shape index (κ3) is 7.16. The van der Waals surface area contributed by atoms with Crippen molar-refractivity contribution in [3.63, 3.8) is 0 Å². The SMILES string of the molecule is O=C(C[C@@H]1C(=O)N(c2cccc(Cl)c2)C(=S)N1CCCN1CCN(c2ccc(F)cc2)CC1)Nc1ccc(Cl)cc1. The molecule has 7 nitrogen and oxygen atoms in total. The largest absolute Gasteiger partial charge is 0.369 e. The van der Waals surface area contributed by atoms with Crippen LogP contribution < -0.4 is 15.1 Å². The van der Waals surface area contributed by atoms with Crippen LogP contribution in [-0.4, -0.2) is 72.0 Å². The van der Waals surface area contributed by atoms with Gasteiger partial charge < -0.3 is 15.1 Å². The lowest BCUT2D eigenvalue weighted by Gasteiger charge is -2.36. The zero-order chi connectivity index (χ0) is 28.9. The summed E-state index contributed by atoms with van der Waals surface area (Å²) in [6.45, 7) is 4.80. The maximum atomic E-state index is 13.6. The van der Waals surface area contributed by atoms with E-state index in [1.165, 1.54) is 17.0 Å². The van der Waals surface area contributed by atoms with E-state index in [-0.39, 0.29) is 24.1 Å². The smallest absolute Gasteiger partial charge is 0.256 e. The minimum Gasteiger partial charge on any atom is -0.369 e. The van der Waals surface area contributed by atoms with Crippen LogP contribution in [0.5, 0.6) is 0 Å². The number of carbonyl (C=O) groups excluding carboxylic acids is 2. The molecule has 41 heavy (non-hydrogen) atoms. The lowest BCUT2D eigenvalue weighted by molar-refractivity contribution is -0.124. The maximum absolute atomic E-state index is 13.6. The van der Waals surface area contributed by atoms with Gasteiger partial charge in [0.15, 0.2) is 5.11 Å². The Hall–Kier alpha value is -3.24. The van der Waals surface area contributed by atoms with Gasteiger partial charge in [0, 0.05) is 54.1 Å². The van der Waals surface area contributed by atoms with Gasteiger partial charge in [0.25, 0.3) is 5.91 Å². The average Bonchev–Trinajstić information content (AvgIpc) is 3.19. The fourth-order valence-corrected chi connectivity index (χ4v) is 5.93. The van der Waals surface area contributed by atoms with E-state index in [0.29, 0.717) is 33.1 Å². The van der Waals surface area contributed by atoms with Crippen LogP contribution in [-0.2, 0) is 9.59 Å². The Bertz CT molecular complexity index is 1400. The Labute approximate surface area is 254 Å². The van der Waals surface area contributed by atoms with Crippen LogP contribution in [0.25, 0.3) is 0 Å². The van der Waals surface area contributed by atoms with Gasteiger partial charge in [-0.15, -0.1) is 0 Å². The van der Waals surface area contributed by atoms with E-state index in [1.54, 1.807) is 48.5 Å². The molecule has 2 aliphatic rings. The summed E-state index contributed by atoms with van der Waals surface area (Å²) in [5.41, 5.74) is 2.20. The molecule has 0 aliphatic carbocycles. The number of amides is 2. The monoisotopic (exact) mass is 613 g/mol. The fraction of sp³-hybridized carbons (Fsp3) is 0.300. The van der Waals surface area contributed by atoms with Crippen LogP contribution in [0.4, 0.5) is 21.5 Å². The average molecular weight is 615 g/mol. The van der Waals surface area contributed by atoms with Crippen molar-refractivity contribution >= 4 is 69.4 Å². The van der Waals surface area contributed by atoms with Crippen molar-refractivity contribution in [2.75, 3.05) is 54.4 Å². The number of thiocarbonyl (C=S) groups is 1. The lowest BCUT2D eigenvalue weighted by atomic mass is 10.1. The van der Waals surface area contributed by atoms with Crippen molar-refractivity contribution in [3.8, 4) is 0 Å². The summed E-state index contributed by atoms with van der Waals surface area (Å²) in [6.07, 6.45) is 0.720. The second-order valence-electron chi connectivity index (χ2n) is 10.1. The van der Waals surface area contributed by atoms with Crippen LogP contribution in [0.15, 0.2) is 72.8 Å². The van der Waals surface area contributed by atoms with Crippen molar-refractivity contribution in [1.29, 1.82) is 0 Å². The Morgan fingerprint density at radius 2 is 1.61 bits per heavy atom. The summed E-state index contributed by atoms with van der Waals surface area (Å²) >= 11 is 17.9. The first-order valence-corrected chi connectivity index (χ1v) is 14.6. The van der Waals surface area contributed by atoms with Crippen LogP contribution in [0.3, 0.4) is 0 Å². The Morgan fingerprint density at radius 1 is 0.902 bits per heavy atom. The molecule has 1 atom stereocenters. The molecule has 1 N–H and O–H groups in total. The minimum absolute atomic E-state index is 0.0466. The van der Waals surface area contributed by atoms with Crippen molar-refractivity contribution in [2.45, 2.75) is 18.9 Å². The molecule has 0 saturated carbocycles. The molecule has 0 bridgehead atoms. The van der Waals surface area contributed by atoms with Gasteiger partial charge in [0.1, 0.15) is 11.9 Å². The molecular formula is C30H30Cl2FN5O2S. The second-order valence-corrected chi connectivity index (χ2v) is 11.3. The zero-order valence-electron chi connectivity index (χ0n) is 22.3. The molecule has 0 radical (unpaired) electrons. The van der Waals surface area contributed by atoms with Crippen LogP contribution in [0.1, 0.15) is 12.8 Å². The Kier molecular flexibility index (Phi) is 9.39. The van der Waals surface area contributed by atoms with E-state index in [9.17, 15) is 14.0 Å². The highest BCUT2D eigenvalue weighted by molar-refractivity contribution is 7.80. The highest BCUT2D eigenvalue weighted by Crippen LogP contribution is 2.29. The van der Waals surface area contributed by atoms with E-state index in [4.69, 9.17) is 35.4 Å². The van der Waals surface area contributed by atoms with Crippen molar-refractivity contribution in [2.24, 2.45) is 0 Å². The quantitative estimate of drug-likeness (QED) is 0.314. The number of rotatable bonds is 9. The predicted octanol–water partition coefficient (Wildman–Crippen LogP) is 5.68. The van der Waals surface area contributed by atoms with Crippen molar-refractivity contribution in [1.82, 2.24) is 9.80 Å². The number of nitrogens with one attached hydrogen (secondary N) is 1. The summed E-state index contributed by atoms with van der Waals surface area (Å²) in [5, 5.41) is 4.28. The highest BCUT2D eigenvalue weighted by atomic mass is 35.5. The van der Waals surface area contributed by atoms with Gasteiger partial charge in [0.2, 0.25) is 5.91 Å². The summed E-state index contributed by atoms with van der Waals surface area (Å²) in [4.78, 5) is 34.6. The van der Waals surface area contributed by atoms with Gasteiger partial charge in [-0.3, -0.25) is 19.4 Å². The summed E-state index contributed by atoms with van der Waals surface area (Å²) < 4.78 is 13.3. The standard InChI is InChI=1S/C30H30Cl2FN5O2S/c31-21-5-9-24(10-6-21)34-28(39)20-27-29(40)38(26-4-1-3-22(32)19-26)30(41)37(27)14-2-13-35-15-17-36(18-16-35)25-11-7-23(33)8-12-25/h1,3-12,19,27H,2,13-18,20H2,(H,34,39)/t27-/m1/s1. The zero-order valence-corrected chi connectivity index (χ0v) is 24.6. The number of anilines is 3. The van der Waals surface area contributed by atoms with Crippen molar-refractivity contribution in [3.05, 3.63) is 88.7 Å². The fourth-order valence-electron chi connectivity index (χ4n) is 5.21. The van der Waals surface area contributed by atoms with E-state index in [2.05, 4.69) is 15.1 Å². The molecule has 5 rings (SSSR count). The Morgan fingerprint density at radius 3 is 2.29 bits per heavy atom. The van der Waals surface area contributed by atoms with E-state index in [1.807, 2.05) is 17.0 Å². The van der Waals surface area contributed by atoms with Gasteiger partial charge >= 0.3 is 0 Å². The highest BCUT2D eigenvalue weighted by Gasteiger charge is 2.44. The van der Waals surface area contributed by atoms with Gasteiger partial charge in [-0.1, -0.05) is 29.3 Å². The maximum Gasteiger partial charge on any atom is 0.256 e. The molecule has 214 valence electrons. The predicted molar refractivity (Wildman–Crippen MR) is 166 cm³/mol. The molecule has 2 saturated heterocycles. The first kappa shape index (κ1) is 29.3. The molecule has 0 unspecified atom stereocenters. The normalized spacial score (nSPS) is 17.8. The molecule has 0 aromatic heterocycles. The van der Waals surface area contributed by atoms with Gasteiger partial charge in [-0.05, 0) is 91.9 Å². The minimum atomic E-state index is -0.732. The van der Waals surface area contributed by atoms with Crippen LogP contribution >= 0.6 is 35.4 Å². The molecule has 2 aliphatic heterocycles. The van der Waals surface area contributed by atoms with Crippen LogP contribution in [0.2, 0.25) is 10.0 Å². The molecule has 2 heterocycles. The Balaban J connectivity index is 1.22. The van der Waals surface area contributed by atoms with Crippen molar-refractivity contribution < 1.29 is 14.0 Å². The second kappa shape index (κ2) is 13.2. The lowest BCUT2D eigenvalue weighted by Crippen LogP contribution is -2.47. The first-order chi connectivity index (χ1) is 19.8. The number of hydrogen-bond donors (Lipinski definition) is 1. The topological polar surface area (TPSA) is 59.1 Å². The molecular weight excluding hydrogens is 584 g/mol. The molecule has 3 aromatic carbocycles. The number of hydrogen-bond acceptors (Lipinski definition) is 5. The summed E-state index contributed by atoms with van der Waals surface area (Å²) in [7, 11) is 0. The third-order valence-electron chi connectivity index (χ3n) is 7.33. The molecule has 2 fully saturated rings. The molecule has 3 aromatic rings. The number of carbonyl (C=O) groups is 2. The molecule has 0 spiro atoms. The van der Waals surface area contributed by atoms with Gasteiger partial charge in [-0.25, -0.2) is 4.39 Å². The van der Waals surface area contributed by atoms with Gasteiger partial charge in [-0.2, -0.15) is 0 Å². The summed E-state index contributed by atoms with van der Waals surface area (Å²) in [6, 6.07) is 19.7. The number of benzene rings is 3. The number of halogens is 3. The van der Waals surface area contributed by atoms with E-state index < -0.39 is 6.04 Å². The number of piperazine rings is 1. The van der Waals surface area contributed by atoms with Gasteiger partial charge in [0.05, 0.1) is 12.1 Å². The third-order valence-corrected chi connectivity index (χ3v) is 8.23. The molecule has 11 heteroatoms. The molecule has 2 amide bonds. The first-order valence-electron chi connectivity index (χ1n) is 13.5. The van der Waals surface area contributed by atoms with E-state index >= 15 is 0 Å². The summed E-state index contributed by atoms with van der Waals surface area (Å²) in [5.74, 6) is -0.778. The van der Waals surface area contributed by atoms with E-state index in [0.717, 1.165) is 44.8 Å².